The standard InChI is InChI=1S/C21H32O5/c1-6-8-9-16-11-17(19(20(22)23)10-15(16)5)12-18(14(3)4)13-26-21(24)25-7-2/h10-11,14,18H,6-9,12-13H2,1-5H3,(H,22,23). The SMILES string of the molecule is CCCCc1cc(CC(COC(=O)OCC)C(C)C)c(C(=O)O)cc1C. The van der Waals surface area contributed by atoms with Gasteiger partial charge in [0.2, 0.25) is 0 Å². The maximum Gasteiger partial charge on any atom is 0.508 e. The fourth-order valence-corrected chi connectivity index (χ4v) is 2.91. The van der Waals surface area contributed by atoms with E-state index < -0.39 is 12.1 Å². The van der Waals surface area contributed by atoms with Gasteiger partial charge in [-0.3, -0.25) is 0 Å². The third kappa shape index (κ3) is 6.70. The van der Waals surface area contributed by atoms with Gasteiger partial charge in [-0.25, -0.2) is 9.59 Å². The molecular weight excluding hydrogens is 332 g/mol. The monoisotopic (exact) mass is 364 g/mol. The second-order valence-corrected chi connectivity index (χ2v) is 7.05. The third-order valence-electron chi connectivity index (χ3n) is 4.69. The molecule has 0 saturated heterocycles. The van der Waals surface area contributed by atoms with Gasteiger partial charge in [-0.05, 0) is 67.7 Å². The number of aryl methyl sites for hydroxylation is 2. The van der Waals surface area contributed by atoms with Gasteiger partial charge in [0.1, 0.15) is 0 Å². The van der Waals surface area contributed by atoms with Crippen molar-refractivity contribution in [2.24, 2.45) is 11.8 Å². The lowest BCUT2D eigenvalue weighted by molar-refractivity contribution is 0.0417. The van der Waals surface area contributed by atoms with Crippen LogP contribution in [0.3, 0.4) is 0 Å². The van der Waals surface area contributed by atoms with E-state index in [0.29, 0.717) is 12.0 Å². The molecule has 0 saturated carbocycles. The lowest BCUT2D eigenvalue weighted by Gasteiger charge is -2.22. The van der Waals surface area contributed by atoms with Crippen LogP contribution in [0.15, 0.2) is 12.1 Å². The fraction of sp³-hybridized carbons (Fsp3) is 0.619. The zero-order valence-electron chi connectivity index (χ0n) is 16.6. The molecule has 0 fully saturated rings. The molecule has 1 aromatic carbocycles. The second kappa shape index (κ2) is 10.8. The molecule has 0 bridgehead atoms. The molecule has 0 aliphatic carbocycles. The van der Waals surface area contributed by atoms with Crippen LogP contribution in [0.4, 0.5) is 4.79 Å². The molecule has 5 heteroatoms. The average Bonchev–Trinajstić information content (AvgIpc) is 2.57. The first kappa shape index (κ1) is 22.0. The molecule has 26 heavy (non-hydrogen) atoms. The van der Waals surface area contributed by atoms with E-state index >= 15 is 0 Å². The molecule has 0 amide bonds. The molecule has 1 N–H and O–H groups in total. The molecular formula is C21H32O5. The number of rotatable bonds is 10. The Balaban J connectivity index is 3.04. The quantitative estimate of drug-likeness (QED) is 0.590. The van der Waals surface area contributed by atoms with Gasteiger partial charge >= 0.3 is 12.1 Å². The fourth-order valence-electron chi connectivity index (χ4n) is 2.91. The van der Waals surface area contributed by atoms with E-state index in [1.54, 1.807) is 13.0 Å². The molecule has 1 aromatic rings. The zero-order valence-corrected chi connectivity index (χ0v) is 16.6. The number of carboxylic acid groups (broad SMARTS) is 1. The van der Waals surface area contributed by atoms with E-state index in [0.717, 1.165) is 30.4 Å². The molecule has 0 aliphatic rings. The summed E-state index contributed by atoms with van der Waals surface area (Å²) >= 11 is 0. The van der Waals surface area contributed by atoms with Crippen LogP contribution in [0.2, 0.25) is 0 Å². The van der Waals surface area contributed by atoms with Crippen molar-refractivity contribution < 1.29 is 24.2 Å². The highest BCUT2D eigenvalue weighted by atomic mass is 16.7. The number of carbonyl (C=O) groups is 2. The van der Waals surface area contributed by atoms with Crippen LogP contribution < -0.4 is 0 Å². The van der Waals surface area contributed by atoms with Crippen molar-refractivity contribution in [3.63, 3.8) is 0 Å². The summed E-state index contributed by atoms with van der Waals surface area (Å²) in [6.45, 7) is 10.4. The van der Waals surface area contributed by atoms with Gasteiger partial charge in [-0.1, -0.05) is 33.3 Å². The highest BCUT2D eigenvalue weighted by molar-refractivity contribution is 5.89. The Kier molecular flexibility index (Phi) is 9.17. The Hall–Kier alpha value is -2.04. The van der Waals surface area contributed by atoms with Crippen molar-refractivity contribution in [2.75, 3.05) is 13.2 Å². The summed E-state index contributed by atoms with van der Waals surface area (Å²) < 4.78 is 10.00. The molecule has 1 rings (SSSR count). The van der Waals surface area contributed by atoms with Gasteiger partial charge in [0, 0.05) is 0 Å². The molecule has 1 unspecified atom stereocenters. The van der Waals surface area contributed by atoms with E-state index in [-0.39, 0.29) is 25.0 Å². The molecule has 0 aromatic heterocycles. The smallest absolute Gasteiger partial charge is 0.478 e. The summed E-state index contributed by atoms with van der Waals surface area (Å²) in [6.07, 6.45) is 2.99. The number of carbonyl (C=O) groups excluding carboxylic acids is 1. The van der Waals surface area contributed by atoms with Crippen molar-refractivity contribution in [3.05, 3.63) is 34.4 Å². The first-order chi connectivity index (χ1) is 12.3. The summed E-state index contributed by atoms with van der Waals surface area (Å²) in [5, 5.41) is 9.59. The molecule has 0 radical (unpaired) electrons. The molecule has 1 atom stereocenters. The van der Waals surface area contributed by atoms with Gasteiger partial charge in [0.05, 0.1) is 18.8 Å². The number of carboxylic acids is 1. The van der Waals surface area contributed by atoms with Crippen LogP contribution in [0.1, 0.15) is 67.6 Å². The van der Waals surface area contributed by atoms with E-state index in [4.69, 9.17) is 9.47 Å². The van der Waals surface area contributed by atoms with Crippen molar-refractivity contribution in [1.82, 2.24) is 0 Å². The number of hydrogen-bond acceptors (Lipinski definition) is 4. The third-order valence-corrected chi connectivity index (χ3v) is 4.69. The Morgan fingerprint density at radius 2 is 1.81 bits per heavy atom. The van der Waals surface area contributed by atoms with Crippen molar-refractivity contribution in [2.45, 2.75) is 60.3 Å². The first-order valence-corrected chi connectivity index (χ1v) is 9.45. The van der Waals surface area contributed by atoms with Gasteiger partial charge in [0.25, 0.3) is 0 Å². The lowest BCUT2D eigenvalue weighted by atomic mass is 9.86. The molecule has 146 valence electrons. The largest absolute Gasteiger partial charge is 0.508 e. The Morgan fingerprint density at radius 1 is 1.12 bits per heavy atom. The molecule has 0 aliphatic heterocycles. The Labute approximate surface area is 156 Å². The predicted octanol–water partition coefficient (Wildman–Crippen LogP) is 5.02. The summed E-state index contributed by atoms with van der Waals surface area (Å²) in [5.74, 6) is -0.648. The summed E-state index contributed by atoms with van der Waals surface area (Å²) in [6, 6.07) is 3.79. The minimum atomic E-state index is -0.918. The van der Waals surface area contributed by atoms with Gasteiger partial charge < -0.3 is 14.6 Å². The molecule has 5 nitrogen and oxygen atoms in total. The Morgan fingerprint density at radius 3 is 2.35 bits per heavy atom. The van der Waals surface area contributed by atoms with Crippen LogP contribution in [0.25, 0.3) is 0 Å². The van der Waals surface area contributed by atoms with Gasteiger partial charge in [-0.15, -0.1) is 0 Å². The van der Waals surface area contributed by atoms with Crippen molar-refractivity contribution in [1.29, 1.82) is 0 Å². The predicted molar refractivity (Wildman–Crippen MR) is 102 cm³/mol. The Bertz CT molecular complexity index is 607. The highest BCUT2D eigenvalue weighted by Crippen LogP contribution is 2.25. The second-order valence-electron chi connectivity index (χ2n) is 7.05. The van der Waals surface area contributed by atoms with Crippen LogP contribution in [0, 0.1) is 18.8 Å². The minimum Gasteiger partial charge on any atom is -0.478 e. The number of benzene rings is 1. The van der Waals surface area contributed by atoms with Gasteiger partial charge in [0.15, 0.2) is 0 Å². The van der Waals surface area contributed by atoms with Crippen LogP contribution >= 0.6 is 0 Å². The maximum absolute atomic E-state index is 11.7. The van der Waals surface area contributed by atoms with E-state index in [2.05, 4.69) is 6.92 Å². The summed E-state index contributed by atoms with van der Waals surface area (Å²) in [7, 11) is 0. The number of aromatic carboxylic acids is 1. The van der Waals surface area contributed by atoms with Crippen molar-refractivity contribution >= 4 is 12.1 Å². The number of unbranched alkanes of at least 4 members (excludes halogenated alkanes) is 1. The zero-order chi connectivity index (χ0) is 19.7. The van der Waals surface area contributed by atoms with Crippen LogP contribution in [-0.4, -0.2) is 30.4 Å². The van der Waals surface area contributed by atoms with Gasteiger partial charge in [-0.2, -0.15) is 0 Å². The van der Waals surface area contributed by atoms with Crippen LogP contribution in [-0.2, 0) is 22.3 Å². The topological polar surface area (TPSA) is 72.8 Å². The van der Waals surface area contributed by atoms with Crippen molar-refractivity contribution in [3.8, 4) is 0 Å². The summed E-state index contributed by atoms with van der Waals surface area (Å²) in [4.78, 5) is 23.2. The van der Waals surface area contributed by atoms with E-state index in [9.17, 15) is 14.7 Å². The highest BCUT2D eigenvalue weighted by Gasteiger charge is 2.21. The lowest BCUT2D eigenvalue weighted by Crippen LogP contribution is -2.22. The normalized spacial score (nSPS) is 12.1. The first-order valence-electron chi connectivity index (χ1n) is 9.45. The maximum atomic E-state index is 11.7. The average molecular weight is 364 g/mol. The molecule has 0 spiro atoms. The molecule has 0 heterocycles. The summed E-state index contributed by atoms with van der Waals surface area (Å²) in [5.41, 5.74) is 3.36. The van der Waals surface area contributed by atoms with E-state index in [1.165, 1.54) is 5.56 Å². The minimum absolute atomic E-state index is 0.0271. The van der Waals surface area contributed by atoms with Crippen LogP contribution in [0.5, 0.6) is 0 Å². The van der Waals surface area contributed by atoms with E-state index in [1.807, 2.05) is 26.8 Å². The number of hydrogen-bond donors (Lipinski definition) is 1. The number of ether oxygens (including phenoxy) is 2.